The van der Waals surface area contributed by atoms with Crippen molar-refractivity contribution in [1.82, 2.24) is 15.1 Å². The zero-order chi connectivity index (χ0) is 12.6. The third-order valence-corrected chi connectivity index (χ3v) is 2.43. The van der Waals surface area contributed by atoms with Crippen LogP contribution in [-0.4, -0.2) is 63.2 Å². The lowest BCUT2D eigenvalue weighted by atomic mass is 10.2. The van der Waals surface area contributed by atoms with Gasteiger partial charge in [-0.25, -0.2) is 0 Å². The smallest absolute Gasteiger partial charge is 0.108 e. The molecule has 0 amide bonds. The number of nitrogens with zero attached hydrogens (tertiary/aromatic N) is 3. The number of likely N-dealkylation sites (N-methyl/N-ethyl adjacent to an activating group) is 2. The molecule has 1 N–H and O–H groups in total. The summed E-state index contributed by atoms with van der Waals surface area (Å²) in [6, 6.07) is 2.21. The molecule has 0 aliphatic carbocycles. The molecule has 0 bridgehead atoms. The van der Waals surface area contributed by atoms with Crippen molar-refractivity contribution in [2.24, 2.45) is 5.92 Å². The SMILES string of the molecule is CNC(C#N)CN(CCN(C)C)CC(C)C. The summed E-state index contributed by atoms with van der Waals surface area (Å²) in [5.41, 5.74) is 0. The summed E-state index contributed by atoms with van der Waals surface area (Å²) in [7, 11) is 5.99. The highest BCUT2D eigenvalue weighted by Crippen LogP contribution is 2.00. The highest BCUT2D eigenvalue weighted by molar-refractivity contribution is 4.91. The van der Waals surface area contributed by atoms with Gasteiger partial charge in [0.25, 0.3) is 0 Å². The Morgan fingerprint density at radius 3 is 2.19 bits per heavy atom. The van der Waals surface area contributed by atoms with Crippen molar-refractivity contribution in [3.8, 4) is 6.07 Å². The van der Waals surface area contributed by atoms with Crippen molar-refractivity contribution >= 4 is 0 Å². The van der Waals surface area contributed by atoms with Gasteiger partial charge in [0.2, 0.25) is 0 Å². The third-order valence-electron chi connectivity index (χ3n) is 2.43. The fourth-order valence-electron chi connectivity index (χ4n) is 1.57. The standard InChI is InChI=1S/C12H26N4/c1-11(2)9-16(7-6-15(4)5)10-12(8-13)14-3/h11-12,14H,6-7,9-10H2,1-5H3. The van der Waals surface area contributed by atoms with Crippen LogP contribution in [0, 0.1) is 17.2 Å². The normalized spacial score (nSPS) is 13.4. The first-order valence-electron chi connectivity index (χ1n) is 5.93. The van der Waals surface area contributed by atoms with E-state index in [1.165, 1.54) is 0 Å². The van der Waals surface area contributed by atoms with Crippen molar-refractivity contribution in [3.63, 3.8) is 0 Å². The summed E-state index contributed by atoms with van der Waals surface area (Å²) < 4.78 is 0. The number of nitrogens with one attached hydrogen (secondary N) is 1. The number of rotatable bonds is 8. The van der Waals surface area contributed by atoms with Crippen LogP contribution in [-0.2, 0) is 0 Å². The molecule has 0 aromatic rings. The lowest BCUT2D eigenvalue weighted by Crippen LogP contribution is -2.42. The molecule has 0 aromatic heterocycles. The molecule has 0 aliphatic heterocycles. The van der Waals surface area contributed by atoms with E-state index in [2.05, 4.69) is 49.1 Å². The van der Waals surface area contributed by atoms with Gasteiger partial charge in [0.1, 0.15) is 6.04 Å². The lowest BCUT2D eigenvalue weighted by molar-refractivity contribution is 0.211. The zero-order valence-corrected chi connectivity index (χ0v) is 11.3. The van der Waals surface area contributed by atoms with Gasteiger partial charge < -0.3 is 10.2 Å². The van der Waals surface area contributed by atoms with Crippen molar-refractivity contribution in [3.05, 3.63) is 0 Å². The van der Waals surface area contributed by atoms with Crippen LogP contribution < -0.4 is 5.32 Å². The zero-order valence-electron chi connectivity index (χ0n) is 11.3. The van der Waals surface area contributed by atoms with E-state index in [1.54, 1.807) is 0 Å². The van der Waals surface area contributed by atoms with Gasteiger partial charge in [-0.1, -0.05) is 13.8 Å². The van der Waals surface area contributed by atoms with Crippen molar-refractivity contribution in [1.29, 1.82) is 5.26 Å². The van der Waals surface area contributed by atoms with E-state index in [-0.39, 0.29) is 6.04 Å². The maximum atomic E-state index is 8.94. The Hall–Kier alpha value is -0.630. The molecule has 1 unspecified atom stereocenters. The largest absolute Gasteiger partial charge is 0.308 e. The molecule has 0 saturated heterocycles. The van der Waals surface area contributed by atoms with Crippen LogP contribution in [0.5, 0.6) is 0 Å². The van der Waals surface area contributed by atoms with E-state index >= 15 is 0 Å². The highest BCUT2D eigenvalue weighted by Gasteiger charge is 2.13. The van der Waals surface area contributed by atoms with Crippen LogP contribution in [0.2, 0.25) is 0 Å². The number of hydrogen-bond donors (Lipinski definition) is 1. The van der Waals surface area contributed by atoms with Crippen LogP contribution in [0.15, 0.2) is 0 Å². The van der Waals surface area contributed by atoms with Crippen LogP contribution >= 0.6 is 0 Å². The van der Waals surface area contributed by atoms with Crippen molar-refractivity contribution in [2.75, 3.05) is 47.3 Å². The molecule has 94 valence electrons. The average Bonchev–Trinajstić information content (AvgIpc) is 2.21. The average molecular weight is 226 g/mol. The van der Waals surface area contributed by atoms with Gasteiger partial charge in [0, 0.05) is 26.2 Å². The Labute approximate surface area is 100 Å². The van der Waals surface area contributed by atoms with Crippen LogP contribution in [0.4, 0.5) is 0 Å². The summed E-state index contributed by atoms with van der Waals surface area (Å²) in [5.74, 6) is 0.637. The number of hydrogen-bond acceptors (Lipinski definition) is 4. The first kappa shape index (κ1) is 15.4. The molecule has 1 atom stereocenters. The minimum absolute atomic E-state index is 0.0686. The van der Waals surface area contributed by atoms with Gasteiger partial charge in [-0.15, -0.1) is 0 Å². The molecule has 0 fully saturated rings. The van der Waals surface area contributed by atoms with E-state index < -0.39 is 0 Å². The minimum Gasteiger partial charge on any atom is -0.308 e. The second-order valence-corrected chi connectivity index (χ2v) is 4.93. The monoisotopic (exact) mass is 226 g/mol. The molecule has 0 radical (unpaired) electrons. The molecule has 4 nitrogen and oxygen atoms in total. The Morgan fingerprint density at radius 2 is 1.81 bits per heavy atom. The van der Waals surface area contributed by atoms with Gasteiger partial charge >= 0.3 is 0 Å². The van der Waals surface area contributed by atoms with Crippen LogP contribution in [0.1, 0.15) is 13.8 Å². The molecule has 16 heavy (non-hydrogen) atoms. The maximum Gasteiger partial charge on any atom is 0.108 e. The van der Waals surface area contributed by atoms with E-state index in [9.17, 15) is 0 Å². The molecule has 0 saturated carbocycles. The quantitative estimate of drug-likeness (QED) is 0.659. The van der Waals surface area contributed by atoms with E-state index in [1.807, 2.05) is 7.05 Å². The van der Waals surface area contributed by atoms with E-state index in [4.69, 9.17) is 5.26 Å². The fourth-order valence-corrected chi connectivity index (χ4v) is 1.57. The van der Waals surface area contributed by atoms with Crippen molar-refractivity contribution < 1.29 is 0 Å². The topological polar surface area (TPSA) is 42.3 Å². The highest BCUT2D eigenvalue weighted by atomic mass is 15.2. The fraction of sp³-hybridized carbons (Fsp3) is 0.917. The predicted octanol–water partition coefficient (Wildman–Crippen LogP) is 0.618. The molecule has 0 spiro atoms. The van der Waals surface area contributed by atoms with Crippen LogP contribution in [0.25, 0.3) is 0 Å². The Kier molecular flexibility index (Phi) is 8.18. The molecular weight excluding hydrogens is 200 g/mol. The summed E-state index contributed by atoms with van der Waals surface area (Å²) in [6.07, 6.45) is 0. The summed E-state index contributed by atoms with van der Waals surface area (Å²) in [5, 5.41) is 12.0. The van der Waals surface area contributed by atoms with E-state index in [0.717, 1.165) is 26.2 Å². The Bertz CT molecular complexity index is 208. The molecular formula is C12H26N4. The number of nitriles is 1. The van der Waals surface area contributed by atoms with Gasteiger partial charge in [-0.3, -0.25) is 4.90 Å². The van der Waals surface area contributed by atoms with Gasteiger partial charge in [0.05, 0.1) is 6.07 Å². The van der Waals surface area contributed by atoms with Gasteiger partial charge in [-0.2, -0.15) is 5.26 Å². The maximum absolute atomic E-state index is 8.94. The third kappa shape index (κ3) is 7.63. The van der Waals surface area contributed by atoms with E-state index in [0.29, 0.717) is 5.92 Å². The molecule has 0 heterocycles. The Balaban J connectivity index is 4.14. The van der Waals surface area contributed by atoms with Crippen LogP contribution in [0.3, 0.4) is 0 Å². The first-order chi connectivity index (χ1) is 7.49. The second kappa shape index (κ2) is 8.51. The summed E-state index contributed by atoms with van der Waals surface area (Å²) in [6.45, 7) is 8.33. The molecule has 0 aromatic carbocycles. The van der Waals surface area contributed by atoms with Crippen molar-refractivity contribution in [2.45, 2.75) is 19.9 Å². The lowest BCUT2D eigenvalue weighted by Gasteiger charge is -2.27. The second-order valence-electron chi connectivity index (χ2n) is 4.93. The molecule has 0 aliphatic rings. The summed E-state index contributed by atoms with van der Waals surface area (Å²) >= 11 is 0. The minimum atomic E-state index is -0.0686. The van der Waals surface area contributed by atoms with Gasteiger partial charge in [-0.05, 0) is 27.1 Å². The molecule has 0 rings (SSSR count). The van der Waals surface area contributed by atoms with Gasteiger partial charge in [0.15, 0.2) is 0 Å². The first-order valence-corrected chi connectivity index (χ1v) is 5.93. The summed E-state index contributed by atoms with van der Waals surface area (Å²) in [4.78, 5) is 4.53. The predicted molar refractivity (Wildman–Crippen MR) is 68.3 cm³/mol. The Morgan fingerprint density at radius 1 is 1.19 bits per heavy atom. The molecule has 4 heteroatoms.